The molecule has 2 aliphatic rings. The van der Waals surface area contributed by atoms with E-state index in [2.05, 4.69) is 15.5 Å². The summed E-state index contributed by atoms with van der Waals surface area (Å²) in [7, 11) is 0. The number of carbonyl (C=O) groups is 1. The molecule has 0 bridgehead atoms. The number of hydrogen-bond acceptors (Lipinski definition) is 3. The molecule has 2 heterocycles. The number of rotatable bonds is 4. The Morgan fingerprint density at radius 1 is 1.27 bits per heavy atom. The van der Waals surface area contributed by atoms with Gasteiger partial charge in [-0.25, -0.2) is 0 Å². The average Bonchev–Trinajstić information content (AvgIpc) is 3.02. The summed E-state index contributed by atoms with van der Waals surface area (Å²) in [5, 5.41) is 6.47. The van der Waals surface area contributed by atoms with Crippen LogP contribution in [0.25, 0.3) is 0 Å². The van der Waals surface area contributed by atoms with Gasteiger partial charge in [-0.1, -0.05) is 12.1 Å². The van der Waals surface area contributed by atoms with Crippen molar-refractivity contribution in [3.05, 3.63) is 29.8 Å². The van der Waals surface area contributed by atoms with Crippen LogP contribution in [0, 0.1) is 18.8 Å². The van der Waals surface area contributed by atoms with Crippen molar-refractivity contribution in [1.82, 2.24) is 10.2 Å². The van der Waals surface area contributed by atoms with Crippen LogP contribution in [0.15, 0.2) is 24.3 Å². The van der Waals surface area contributed by atoms with E-state index in [-0.39, 0.29) is 5.91 Å². The van der Waals surface area contributed by atoms with Crippen molar-refractivity contribution in [2.75, 3.05) is 38.0 Å². The molecule has 1 amide bonds. The fourth-order valence-corrected chi connectivity index (χ4v) is 3.79. The minimum absolute atomic E-state index is 0.103. The van der Waals surface area contributed by atoms with Gasteiger partial charge in [0.05, 0.1) is 6.54 Å². The maximum Gasteiger partial charge on any atom is 0.238 e. The van der Waals surface area contributed by atoms with Crippen LogP contribution in [0.5, 0.6) is 0 Å². The lowest BCUT2D eigenvalue weighted by atomic mass is 9.84. The Kier molecular flexibility index (Phi) is 5.11. The van der Waals surface area contributed by atoms with E-state index in [0.717, 1.165) is 30.6 Å². The number of hydrogen-bond donors (Lipinski definition) is 2. The van der Waals surface area contributed by atoms with Gasteiger partial charge >= 0.3 is 0 Å². The molecule has 2 fully saturated rings. The molecule has 3 rings (SSSR count). The van der Waals surface area contributed by atoms with Gasteiger partial charge in [0.2, 0.25) is 5.91 Å². The first-order valence-corrected chi connectivity index (χ1v) is 8.50. The number of aryl methyl sites for hydroxylation is 1. The highest BCUT2D eigenvalue weighted by Gasteiger charge is 2.28. The lowest BCUT2D eigenvalue weighted by Crippen LogP contribution is -2.40. The van der Waals surface area contributed by atoms with Gasteiger partial charge in [0.1, 0.15) is 0 Å². The minimum Gasteiger partial charge on any atom is -0.325 e. The maximum atomic E-state index is 12.2. The first-order valence-electron chi connectivity index (χ1n) is 8.50. The summed E-state index contributed by atoms with van der Waals surface area (Å²) in [5.74, 6) is 1.82. The molecular weight excluding hydrogens is 274 g/mol. The van der Waals surface area contributed by atoms with E-state index in [1.165, 1.54) is 37.9 Å². The number of anilines is 1. The molecule has 2 saturated heterocycles. The van der Waals surface area contributed by atoms with E-state index in [1.54, 1.807) is 0 Å². The third-order valence-corrected chi connectivity index (χ3v) is 5.07. The molecule has 2 aliphatic heterocycles. The van der Waals surface area contributed by atoms with Crippen LogP contribution in [-0.2, 0) is 4.79 Å². The van der Waals surface area contributed by atoms with Gasteiger partial charge in [0.15, 0.2) is 0 Å². The van der Waals surface area contributed by atoms with Crippen molar-refractivity contribution in [1.29, 1.82) is 0 Å². The fraction of sp³-hybridized carbons (Fsp3) is 0.611. The van der Waals surface area contributed by atoms with Gasteiger partial charge in [-0.15, -0.1) is 0 Å². The molecular formula is C18H27N3O. The van der Waals surface area contributed by atoms with E-state index < -0.39 is 0 Å². The van der Waals surface area contributed by atoms with Crippen molar-refractivity contribution < 1.29 is 4.79 Å². The van der Waals surface area contributed by atoms with E-state index in [1.807, 2.05) is 31.2 Å². The highest BCUT2D eigenvalue weighted by molar-refractivity contribution is 5.92. The normalized spacial score (nSPS) is 23.6. The Labute approximate surface area is 133 Å². The molecule has 22 heavy (non-hydrogen) atoms. The van der Waals surface area contributed by atoms with Gasteiger partial charge < -0.3 is 10.6 Å². The van der Waals surface area contributed by atoms with E-state index >= 15 is 0 Å². The Balaban J connectivity index is 1.43. The number of nitrogens with zero attached hydrogens (tertiary/aromatic N) is 1. The first kappa shape index (κ1) is 15.5. The number of amides is 1. The molecule has 0 spiro atoms. The monoisotopic (exact) mass is 301 g/mol. The minimum atomic E-state index is 0.103. The number of benzene rings is 1. The summed E-state index contributed by atoms with van der Waals surface area (Å²) in [6, 6.07) is 7.98. The Bertz CT molecular complexity index is 503. The summed E-state index contributed by atoms with van der Waals surface area (Å²) >= 11 is 0. The van der Waals surface area contributed by atoms with Gasteiger partial charge in [0.25, 0.3) is 0 Å². The van der Waals surface area contributed by atoms with E-state index in [0.29, 0.717) is 6.54 Å². The van der Waals surface area contributed by atoms with E-state index in [4.69, 9.17) is 0 Å². The molecule has 1 atom stereocenters. The zero-order valence-electron chi connectivity index (χ0n) is 13.5. The number of carbonyl (C=O) groups excluding carboxylic acids is 1. The number of likely N-dealkylation sites (tertiary alicyclic amines) is 1. The van der Waals surface area contributed by atoms with Crippen molar-refractivity contribution in [2.45, 2.75) is 26.2 Å². The van der Waals surface area contributed by atoms with Crippen LogP contribution in [0.4, 0.5) is 5.69 Å². The SMILES string of the molecule is Cc1cccc(NC(=O)CN2CCC(C3CCNC3)CC2)c1. The molecule has 0 aliphatic carbocycles. The molecule has 1 unspecified atom stereocenters. The average molecular weight is 301 g/mol. The van der Waals surface area contributed by atoms with Crippen molar-refractivity contribution in [3.63, 3.8) is 0 Å². The highest BCUT2D eigenvalue weighted by atomic mass is 16.2. The molecule has 2 N–H and O–H groups in total. The van der Waals surface area contributed by atoms with Crippen LogP contribution in [0.2, 0.25) is 0 Å². The second-order valence-corrected chi connectivity index (χ2v) is 6.78. The molecule has 120 valence electrons. The van der Waals surface area contributed by atoms with E-state index in [9.17, 15) is 4.79 Å². The lowest BCUT2D eigenvalue weighted by Gasteiger charge is -2.34. The third kappa shape index (κ3) is 4.08. The summed E-state index contributed by atoms with van der Waals surface area (Å²) in [5.41, 5.74) is 2.07. The first-order chi connectivity index (χ1) is 10.7. The predicted molar refractivity (Wildman–Crippen MR) is 89.9 cm³/mol. The summed E-state index contributed by atoms with van der Waals surface area (Å²) in [6.07, 6.45) is 3.81. The van der Waals surface area contributed by atoms with Crippen molar-refractivity contribution in [2.24, 2.45) is 11.8 Å². The second kappa shape index (κ2) is 7.25. The van der Waals surface area contributed by atoms with Crippen LogP contribution in [0.3, 0.4) is 0 Å². The molecule has 0 saturated carbocycles. The second-order valence-electron chi connectivity index (χ2n) is 6.78. The number of nitrogens with one attached hydrogen (secondary N) is 2. The molecule has 1 aromatic rings. The standard InChI is InChI=1S/C18H27N3O/c1-14-3-2-4-17(11-14)20-18(22)13-21-9-6-15(7-10-21)16-5-8-19-12-16/h2-4,11,15-16,19H,5-10,12-13H2,1H3,(H,20,22). The smallest absolute Gasteiger partial charge is 0.238 e. The van der Waals surface area contributed by atoms with Crippen molar-refractivity contribution in [3.8, 4) is 0 Å². The third-order valence-electron chi connectivity index (χ3n) is 5.07. The molecule has 1 aromatic carbocycles. The zero-order chi connectivity index (χ0) is 15.4. The summed E-state index contributed by atoms with van der Waals surface area (Å²) < 4.78 is 0. The lowest BCUT2D eigenvalue weighted by molar-refractivity contribution is -0.117. The summed E-state index contributed by atoms with van der Waals surface area (Å²) in [6.45, 7) is 7.05. The molecule has 4 nitrogen and oxygen atoms in total. The Morgan fingerprint density at radius 2 is 2.09 bits per heavy atom. The fourth-order valence-electron chi connectivity index (χ4n) is 3.79. The Morgan fingerprint density at radius 3 is 2.77 bits per heavy atom. The molecule has 4 heteroatoms. The van der Waals surface area contributed by atoms with Crippen LogP contribution in [-0.4, -0.2) is 43.5 Å². The topological polar surface area (TPSA) is 44.4 Å². The highest BCUT2D eigenvalue weighted by Crippen LogP contribution is 2.28. The summed E-state index contributed by atoms with van der Waals surface area (Å²) in [4.78, 5) is 14.5. The van der Waals surface area contributed by atoms with Crippen molar-refractivity contribution >= 4 is 11.6 Å². The number of piperidine rings is 1. The van der Waals surface area contributed by atoms with Crippen LogP contribution in [0.1, 0.15) is 24.8 Å². The maximum absolute atomic E-state index is 12.2. The van der Waals surface area contributed by atoms with Gasteiger partial charge in [-0.3, -0.25) is 9.69 Å². The molecule has 0 aromatic heterocycles. The van der Waals surface area contributed by atoms with Gasteiger partial charge in [-0.05, 0) is 81.9 Å². The van der Waals surface area contributed by atoms with Crippen LogP contribution >= 0.6 is 0 Å². The van der Waals surface area contributed by atoms with Crippen LogP contribution < -0.4 is 10.6 Å². The zero-order valence-corrected chi connectivity index (χ0v) is 13.5. The predicted octanol–water partition coefficient (Wildman–Crippen LogP) is 2.26. The quantitative estimate of drug-likeness (QED) is 0.896. The van der Waals surface area contributed by atoms with Gasteiger partial charge in [-0.2, -0.15) is 0 Å². The largest absolute Gasteiger partial charge is 0.325 e. The van der Waals surface area contributed by atoms with Gasteiger partial charge in [0, 0.05) is 5.69 Å². The molecule has 0 radical (unpaired) electrons. The Hall–Kier alpha value is -1.39.